The predicted molar refractivity (Wildman–Crippen MR) is 58.2 cm³/mol. The molecule has 0 amide bonds. The molecule has 0 saturated carbocycles. The minimum atomic E-state index is -4.12. The second-order valence-corrected chi connectivity index (χ2v) is 3.88. The van der Waals surface area contributed by atoms with Crippen LogP contribution in [-0.4, -0.2) is 49.3 Å². The van der Waals surface area contributed by atoms with E-state index in [1.807, 2.05) is 0 Å². The number of hydrogen-bond donors (Lipinski definition) is 1. The van der Waals surface area contributed by atoms with Gasteiger partial charge in [0.05, 0.1) is 19.8 Å². The molecule has 0 aromatic rings. The summed E-state index contributed by atoms with van der Waals surface area (Å²) in [6, 6.07) is 0. The van der Waals surface area contributed by atoms with Gasteiger partial charge in [-0.2, -0.15) is 0 Å². The van der Waals surface area contributed by atoms with Gasteiger partial charge in [-0.1, -0.05) is 6.58 Å². The lowest BCUT2D eigenvalue weighted by molar-refractivity contribution is -0.155. The van der Waals surface area contributed by atoms with Crippen LogP contribution in [0.15, 0.2) is 12.2 Å². The summed E-state index contributed by atoms with van der Waals surface area (Å²) in [4.78, 5) is 11.1. The van der Waals surface area contributed by atoms with Crippen molar-refractivity contribution < 1.29 is 36.9 Å². The average Bonchev–Trinajstić information content (AvgIpc) is 2.32. The van der Waals surface area contributed by atoms with E-state index in [9.17, 15) is 22.4 Å². The highest BCUT2D eigenvalue weighted by molar-refractivity contribution is 5.87. The van der Waals surface area contributed by atoms with Crippen LogP contribution in [-0.2, 0) is 14.3 Å². The molecule has 0 aliphatic rings. The molecule has 4 nitrogen and oxygen atoms in total. The van der Waals surface area contributed by atoms with Gasteiger partial charge in [0.1, 0.15) is 6.10 Å². The molecule has 19 heavy (non-hydrogen) atoms. The largest absolute Gasteiger partial charge is 0.454 e. The van der Waals surface area contributed by atoms with Crippen molar-refractivity contribution in [1.82, 2.24) is 0 Å². The summed E-state index contributed by atoms with van der Waals surface area (Å²) in [6.07, 6.45) is -5.97. The standard InChI is InChI=1S/C11H16F4O4/c1-7(2)9(17)19-8(5-16)6-18-4-3-11(14,15)10(12)13/h8,10,16H,1,3-6H2,2H3. The van der Waals surface area contributed by atoms with E-state index in [0.717, 1.165) is 0 Å². The fourth-order valence-corrected chi connectivity index (χ4v) is 0.908. The van der Waals surface area contributed by atoms with Gasteiger partial charge in [-0.25, -0.2) is 22.4 Å². The van der Waals surface area contributed by atoms with Crippen LogP contribution in [0.2, 0.25) is 0 Å². The number of halogens is 4. The maximum Gasteiger partial charge on any atom is 0.333 e. The van der Waals surface area contributed by atoms with Gasteiger partial charge >= 0.3 is 18.3 Å². The third-order valence-corrected chi connectivity index (χ3v) is 2.03. The Hall–Kier alpha value is -1.15. The number of esters is 1. The van der Waals surface area contributed by atoms with E-state index < -0.39 is 44.1 Å². The number of carbonyl (C=O) groups excluding carboxylic acids is 1. The first-order chi connectivity index (χ1) is 8.70. The third kappa shape index (κ3) is 7.12. The van der Waals surface area contributed by atoms with Gasteiger partial charge in [-0.15, -0.1) is 0 Å². The van der Waals surface area contributed by atoms with Crippen LogP contribution >= 0.6 is 0 Å². The van der Waals surface area contributed by atoms with Gasteiger partial charge in [0.25, 0.3) is 0 Å². The molecule has 0 spiro atoms. The van der Waals surface area contributed by atoms with Crippen LogP contribution in [0, 0.1) is 0 Å². The van der Waals surface area contributed by atoms with Gasteiger partial charge in [-0.3, -0.25) is 0 Å². The van der Waals surface area contributed by atoms with E-state index in [4.69, 9.17) is 9.84 Å². The number of aliphatic hydroxyl groups is 1. The van der Waals surface area contributed by atoms with Gasteiger partial charge in [-0.05, 0) is 6.92 Å². The Bertz CT molecular complexity index is 307. The second-order valence-electron chi connectivity index (χ2n) is 3.88. The number of alkyl halides is 4. The number of rotatable bonds is 9. The van der Waals surface area contributed by atoms with Crippen molar-refractivity contribution in [2.75, 3.05) is 19.8 Å². The van der Waals surface area contributed by atoms with Crippen LogP contribution in [0.25, 0.3) is 0 Å². The van der Waals surface area contributed by atoms with Crippen molar-refractivity contribution >= 4 is 5.97 Å². The first-order valence-electron chi connectivity index (χ1n) is 5.41. The van der Waals surface area contributed by atoms with Crippen molar-refractivity contribution in [3.63, 3.8) is 0 Å². The highest BCUT2D eigenvalue weighted by Gasteiger charge is 2.40. The average molecular weight is 288 g/mol. The normalized spacial score (nSPS) is 13.4. The van der Waals surface area contributed by atoms with Crippen LogP contribution < -0.4 is 0 Å². The molecule has 1 atom stereocenters. The molecule has 0 heterocycles. The number of hydrogen-bond acceptors (Lipinski definition) is 4. The van der Waals surface area contributed by atoms with Gasteiger partial charge < -0.3 is 14.6 Å². The number of aliphatic hydroxyl groups excluding tert-OH is 1. The number of ether oxygens (including phenoxy) is 2. The quantitative estimate of drug-likeness (QED) is 0.304. The van der Waals surface area contributed by atoms with E-state index in [2.05, 4.69) is 11.3 Å². The lowest BCUT2D eigenvalue weighted by Crippen LogP contribution is -2.31. The number of carbonyl (C=O) groups is 1. The van der Waals surface area contributed by atoms with Crippen LogP contribution in [0.3, 0.4) is 0 Å². The zero-order valence-corrected chi connectivity index (χ0v) is 10.4. The first kappa shape index (κ1) is 17.8. The molecular weight excluding hydrogens is 272 g/mol. The molecule has 1 N–H and O–H groups in total. The lowest BCUT2D eigenvalue weighted by Gasteiger charge is -2.18. The summed E-state index contributed by atoms with van der Waals surface area (Å²) in [6.45, 7) is 3.11. The summed E-state index contributed by atoms with van der Waals surface area (Å²) in [7, 11) is 0. The molecule has 0 radical (unpaired) electrons. The highest BCUT2D eigenvalue weighted by atomic mass is 19.3. The fourth-order valence-electron chi connectivity index (χ4n) is 0.908. The second kappa shape index (κ2) is 8.11. The van der Waals surface area contributed by atoms with Crippen molar-refractivity contribution in [1.29, 1.82) is 0 Å². The molecule has 0 aliphatic carbocycles. The molecule has 0 aliphatic heterocycles. The summed E-state index contributed by atoms with van der Waals surface area (Å²) < 4.78 is 58.0. The van der Waals surface area contributed by atoms with E-state index in [1.54, 1.807) is 0 Å². The smallest absolute Gasteiger partial charge is 0.333 e. The van der Waals surface area contributed by atoms with Crippen LogP contribution in [0.4, 0.5) is 17.6 Å². The van der Waals surface area contributed by atoms with Gasteiger partial charge in [0.2, 0.25) is 0 Å². The third-order valence-electron chi connectivity index (χ3n) is 2.03. The molecule has 8 heteroatoms. The predicted octanol–water partition coefficient (Wildman–Crippen LogP) is 1.77. The summed E-state index contributed by atoms with van der Waals surface area (Å²) in [5.41, 5.74) is 0.0997. The summed E-state index contributed by atoms with van der Waals surface area (Å²) in [5.74, 6) is -4.89. The lowest BCUT2D eigenvalue weighted by atomic mass is 10.2. The summed E-state index contributed by atoms with van der Waals surface area (Å²) >= 11 is 0. The van der Waals surface area contributed by atoms with Crippen LogP contribution in [0.5, 0.6) is 0 Å². The zero-order valence-electron chi connectivity index (χ0n) is 10.4. The molecular formula is C11H16F4O4. The Balaban J connectivity index is 3.97. The molecule has 1 unspecified atom stereocenters. The first-order valence-corrected chi connectivity index (χ1v) is 5.41. The molecule has 0 aromatic heterocycles. The van der Waals surface area contributed by atoms with E-state index >= 15 is 0 Å². The fraction of sp³-hybridized carbons (Fsp3) is 0.727. The molecule has 0 fully saturated rings. The molecule has 112 valence electrons. The zero-order chi connectivity index (χ0) is 15.1. The Morgan fingerprint density at radius 3 is 2.42 bits per heavy atom. The molecule has 0 aromatic carbocycles. The summed E-state index contributed by atoms with van der Waals surface area (Å²) in [5, 5.41) is 8.85. The minimum Gasteiger partial charge on any atom is -0.454 e. The Morgan fingerprint density at radius 1 is 1.42 bits per heavy atom. The maximum atomic E-state index is 12.5. The highest BCUT2D eigenvalue weighted by Crippen LogP contribution is 2.26. The topological polar surface area (TPSA) is 55.8 Å². The monoisotopic (exact) mass is 288 g/mol. The van der Waals surface area contributed by atoms with Crippen LogP contribution in [0.1, 0.15) is 13.3 Å². The Morgan fingerprint density at radius 2 is 2.00 bits per heavy atom. The van der Waals surface area contributed by atoms with Crippen molar-refractivity contribution in [3.8, 4) is 0 Å². The van der Waals surface area contributed by atoms with Gasteiger partial charge in [0, 0.05) is 12.0 Å². The van der Waals surface area contributed by atoms with E-state index in [0.29, 0.717) is 0 Å². The minimum absolute atomic E-state index is 0.0997. The molecule has 0 bridgehead atoms. The van der Waals surface area contributed by atoms with E-state index in [1.165, 1.54) is 6.92 Å². The molecule has 0 saturated heterocycles. The molecule has 0 rings (SSSR count). The SMILES string of the molecule is C=C(C)C(=O)OC(CO)COCCC(F)(F)C(F)F. The maximum absolute atomic E-state index is 12.5. The van der Waals surface area contributed by atoms with Crippen molar-refractivity contribution in [2.45, 2.75) is 31.8 Å². The Kier molecular flexibility index (Phi) is 7.62. The van der Waals surface area contributed by atoms with Crippen molar-refractivity contribution in [3.05, 3.63) is 12.2 Å². The Labute approximate surface area is 108 Å². The van der Waals surface area contributed by atoms with E-state index in [-0.39, 0.29) is 12.2 Å². The van der Waals surface area contributed by atoms with Crippen molar-refractivity contribution in [2.24, 2.45) is 0 Å². The van der Waals surface area contributed by atoms with Gasteiger partial charge in [0.15, 0.2) is 0 Å².